The Morgan fingerprint density at radius 2 is 1.73 bits per heavy atom. The fraction of sp³-hybridized carbons (Fsp3) is 0.480. The minimum absolute atomic E-state index is 0.0929. The molecule has 0 bridgehead atoms. The largest absolute Gasteiger partial charge is 0.494 e. The first-order valence-corrected chi connectivity index (χ1v) is 12.3. The van der Waals surface area contributed by atoms with Crippen molar-refractivity contribution in [2.45, 2.75) is 44.4 Å². The zero-order valence-corrected chi connectivity index (χ0v) is 18.7. The number of amides is 1. The van der Waals surface area contributed by atoms with E-state index in [0.29, 0.717) is 18.9 Å². The van der Waals surface area contributed by atoms with Crippen molar-refractivity contribution in [3.05, 3.63) is 65.7 Å². The molecule has 1 aliphatic heterocycles. The van der Waals surface area contributed by atoms with E-state index in [0.717, 1.165) is 24.5 Å². The number of ether oxygens (including phenoxy) is 1. The molecule has 1 saturated heterocycles. The molecular weight excluding hydrogens is 392 g/mol. The van der Waals surface area contributed by atoms with Crippen LogP contribution < -0.4 is 10.1 Å². The normalized spacial score (nSPS) is 14.8. The summed E-state index contributed by atoms with van der Waals surface area (Å²) >= 11 is 1.64. The van der Waals surface area contributed by atoms with Crippen LogP contribution in [0.3, 0.4) is 0 Å². The monoisotopic (exact) mass is 426 g/mol. The van der Waals surface area contributed by atoms with Crippen molar-refractivity contribution in [2.75, 3.05) is 32.0 Å². The summed E-state index contributed by atoms with van der Waals surface area (Å²) in [6.07, 6.45) is 6.16. The average molecular weight is 427 g/mol. The lowest BCUT2D eigenvalue weighted by Crippen LogP contribution is -2.27. The molecule has 4 nitrogen and oxygen atoms in total. The van der Waals surface area contributed by atoms with Gasteiger partial charge in [0.25, 0.3) is 0 Å². The first-order valence-electron chi connectivity index (χ1n) is 11.1. The summed E-state index contributed by atoms with van der Waals surface area (Å²) in [5, 5.41) is 2.98. The highest BCUT2D eigenvalue weighted by Crippen LogP contribution is 2.18. The number of nitrogens with one attached hydrogen (secondary N) is 1. The second-order valence-electron chi connectivity index (χ2n) is 7.87. The first kappa shape index (κ1) is 22.7. The first-order chi connectivity index (χ1) is 14.8. The molecule has 5 heteroatoms. The van der Waals surface area contributed by atoms with Gasteiger partial charge in [-0.15, -0.1) is 11.8 Å². The van der Waals surface area contributed by atoms with Crippen molar-refractivity contribution in [1.82, 2.24) is 10.2 Å². The molecule has 1 amide bonds. The van der Waals surface area contributed by atoms with Crippen LogP contribution in [0.2, 0.25) is 0 Å². The van der Waals surface area contributed by atoms with Crippen LogP contribution in [0, 0.1) is 0 Å². The van der Waals surface area contributed by atoms with Crippen molar-refractivity contribution < 1.29 is 9.53 Å². The van der Waals surface area contributed by atoms with Gasteiger partial charge in [-0.25, -0.2) is 0 Å². The van der Waals surface area contributed by atoms with Crippen molar-refractivity contribution in [3.8, 4) is 5.75 Å². The van der Waals surface area contributed by atoms with Crippen molar-refractivity contribution in [2.24, 2.45) is 0 Å². The van der Waals surface area contributed by atoms with Crippen LogP contribution in [0.1, 0.15) is 43.2 Å². The SMILES string of the molecule is O=C(CSCc1ccccc1)NCCCOc1cccc(CN2CCCCCC2)c1. The molecule has 1 N–H and O–H groups in total. The molecule has 1 heterocycles. The number of carbonyl (C=O) groups excluding carboxylic acids is 1. The second-order valence-corrected chi connectivity index (χ2v) is 8.85. The Kier molecular flexibility index (Phi) is 10.1. The third-order valence-electron chi connectivity index (χ3n) is 5.26. The molecule has 0 spiro atoms. The number of hydrogen-bond acceptors (Lipinski definition) is 4. The Bertz CT molecular complexity index is 746. The van der Waals surface area contributed by atoms with E-state index in [1.165, 1.54) is 49.9 Å². The van der Waals surface area contributed by atoms with Gasteiger partial charge in [-0.3, -0.25) is 9.69 Å². The van der Waals surface area contributed by atoms with Gasteiger partial charge in [0.1, 0.15) is 5.75 Å². The minimum atomic E-state index is 0.0929. The van der Waals surface area contributed by atoms with Gasteiger partial charge in [-0.05, 0) is 55.6 Å². The molecule has 0 radical (unpaired) electrons. The van der Waals surface area contributed by atoms with Crippen LogP contribution in [0.25, 0.3) is 0 Å². The van der Waals surface area contributed by atoms with E-state index in [-0.39, 0.29) is 5.91 Å². The second kappa shape index (κ2) is 13.3. The predicted octanol–water partition coefficient (Wildman–Crippen LogP) is 4.88. The smallest absolute Gasteiger partial charge is 0.230 e. The fourth-order valence-corrected chi connectivity index (χ4v) is 4.48. The quantitative estimate of drug-likeness (QED) is 0.520. The van der Waals surface area contributed by atoms with E-state index < -0.39 is 0 Å². The van der Waals surface area contributed by atoms with Crippen molar-refractivity contribution in [3.63, 3.8) is 0 Å². The number of carbonyl (C=O) groups is 1. The van der Waals surface area contributed by atoms with Gasteiger partial charge >= 0.3 is 0 Å². The van der Waals surface area contributed by atoms with E-state index in [9.17, 15) is 4.79 Å². The van der Waals surface area contributed by atoms with Gasteiger partial charge in [-0.2, -0.15) is 0 Å². The standard InChI is InChI=1S/C25H34N2O2S/c28-25(21-30-20-22-10-4-3-5-11-22)26-14-9-17-29-24-13-8-12-23(18-24)19-27-15-6-1-2-7-16-27/h3-5,8,10-13,18H,1-2,6-7,9,14-17,19-21H2,(H,26,28). The number of rotatable bonds is 11. The molecule has 0 aromatic heterocycles. The van der Waals surface area contributed by atoms with Crippen LogP contribution in [0.4, 0.5) is 0 Å². The Morgan fingerprint density at radius 1 is 0.967 bits per heavy atom. The maximum Gasteiger partial charge on any atom is 0.230 e. The molecule has 2 aromatic carbocycles. The predicted molar refractivity (Wildman–Crippen MR) is 126 cm³/mol. The number of likely N-dealkylation sites (tertiary alicyclic amines) is 1. The summed E-state index contributed by atoms with van der Waals surface area (Å²) in [7, 11) is 0. The summed E-state index contributed by atoms with van der Waals surface area (Å²) in [5.74, 6) is 2.38. The van der Waals surface area contributed by atoms with Gasteiger partial charge in [0, 0.05) is 18.8 Å². The van der Waals surface area contributed by atoms with Crippen LogP contribution in [0.5, 0.6) is 5.75 Å². The summed E-state index contributed by atoms with van der Waals surface area (Å²) in [5.41, 5.74) is 2.57. The summed E-state index contributed by atoms with van der Waals surface area (Å²) in [6, 6.07) is 18.7. The van der Waals surface area contributed by atoms with Crippen molar-refractivity contribution >= 4 is 17.7 Å². The number of thioether (sulfide) groups is 1. The van der Waals surface area contributed by atoms with Crippen LogP contribution in [0.15, 0.2) is 54.6 Å². The molecule has 1 aliphatic rings. The molecule has 0 saturated carbocycles. The van der Waals surface area contributed by atoms with Gasteiger partial charge in [0.05, 0.1) is 12.4 Å². The number of benzene rings is 2. The third-order valence-corrected chi connectivity index (χ3v) is 6.26. The molecule has 3 rings (SSSR count). The molecule has 30 heavy (non-hydrogen) atoms. The van der Waals surface area contributed by atoms with Crippen LogP contribution >= 0.6 is 11.8 Å². The Balaban J connectivity index is 1.27. The minimum Gasteiger partial charge on any atom is -0.494 e. The Morgan fingerprint density at radius 3 is 2.53 bits per heavy atom. The zero-order chi connectivity index (χ0) is 20.9. The summed E-state index contributed by atoms with van der Waals surface area (Å²) < 4.78 is 5.91. The molecule has 0 unspecified atom stereocenters. The summed E-state index contributed by atoms with van der Waals surface area (Å²) in [6.45, 7) is 4.68. The lowest BCUT2D eigenvalue weighted by Gasteiger charge is -2.20. The zero-order valence-electron chi connectivity index (χ0n) is 17.9. The van der Waals surface area contributed by atoms with Crippen LogP contribution in [-0.4, -0.2) is 42.8 Å². The van der Waals surface area contributed by atoms with E-state index in [1.54, 1.807) is 11.8 Å². The molecule has 1 fully saturated rings. The maximum absolute atomic E-state index is 11.9. The Hall–Kier alpha value is -1.98. The van der Waals surface area contributed by atoms with Crippen LogP contribution in [-0.2, 0) is 17.1 Å². The highest BCUT2D eigenvalue weighted by molar-refractivity contribution is 7.99. The number of nitrogens with zero attached hydrogens (tertiary/aromatic N) is 1. The van der Waals surface area contributed by atoms with E-state index >= 15 is 0 Å². The topological polar surface area (TPSA) is 41.6 Å². The molecule has 162 valence electrons. The van der Waals surface area contributed by atoms with E-state index in [4.69, 9.17) is 4.74 Å². The third kappa shape index (κ3) is 8.80. The molecule has 0 aliphatic carbocycles. The maximum atomic E-state index is 11.9. The van der Waals surface area contributed by atoms with Crippen molar-refractivity contribution in [1.29, 1.82) is 0 Å². The molecule has 2 aromatic rings. The fourth-order valence-electron chi connectivity index (χ4n) is 3.66. The average Bonchev–Trinajstić information content (AvgIpc) is 3.03. The van der Waals surface area contributed by atoms with Gasteiger partial charge in [-0.1, -0.05) is 55.3 Å². The molecule has 0 atom stereocenters. The highest BCUT2D eigenvalue weighted by atomic mass is 32.2. The van der Waals surface area contributed by atoms with Gasteiger partial charge < -0.3 is 10.1 Å². The van der Waals surface area contributed by atoms with Gasteiger partial charge in [0.2, 0.25) is 5.91 Å². The number of hydrogen-bond donors (Lipinski definition) is 1. The van der Waals surface area contributed by atoms with E-state index in [1.807, 2.05) is 24.3 Å². The highest BCUT2D eigenvalue weighted by Gasteiger charge is 2.10. The lowest BCUT2D eigenvalue weighted by atomic mass is 10.2. The van der Waals surface area contributed by atoms with Gasteiger partial charge in [0.15, 0.2) is 0 Å². The Labute approximate surface area is 185 Å². The lowest BCUT2D eigenvalue weighted by molar-refractivity contribution is -0.118. The molecular formula is C25H34N2O2S. The van der Waals surface area contributed by atoms with E-state index in [2.05, 4.69) is 40.5 Å². The summed E-state index contributed by atoms with van der Waals surface area (Å²) in [4.78, 5) is 14.5.